The number of unbranched alkanes of at least 4 members (excludes halogenated alkanes) is 6. The molecule has 0 radical (unpaired) electrons. The molecule has 0 atom stereocenters. The van der Waals surface area contributed by atoms with Gasteiger partial charge in [0, 0.05) is 11.1 Å². The highest BCUT2D eigenvalue weighted by molar-refractivity contribution is 6.28. The molecule has 0 unspecified atom stereocenters. The van der Waals surface area contributed by atoms with Gasteiger partial charge in [0.2, 0.25) is 5.28 Å². The SMILES string of the molecule is CCCCCCc1ccc(-c2nc(Cl)nc(-c3ccc(CCCCCC)cc3)n2)cc1. The average Bonchev–Trinajstić information content (AvgIpc) is 2.80. The van der Waals surface area contributed by atoms with E-state index in [1.807, 2.05) is 0 Å². The van der Waals surface area contributed by atoms with Crippen LogP contribution in [0.4, 0.5) is 0 Å². The van der Waals surface area contributed by atoms with Gasteiger partial charge < -0.3 is 0 Å². The van der Waals surface area contributed by atoms with Crippen LogP contribution in [0.2, 0.25) is 5.28 Å². The fraction of sp³-hybridized carbons (Fsp3) is 0.444. The van der Waals surface area contributed by atoms with E-state index in [9.17, 15) is 0 Å². The lowest BCUT2D eigenvalue weighted by Crippen LogP contribution is -1.98. The van der Waals surface area contributed by atoms with Crippen molar-refractivity contribution in [2.24, 2.45) is 0 Å². The number of aromatic nitrogens is 3. The third-order valence-corrected chi connectivity index (χ3v) is 5.84. The molecule has 0 fully saturated rings. The standard InChI is InChI=1S/C27H34ClN3/c1-3-5-7-9-11-21-13-17-23(18-14-21)25-29-26(31-27(28)30-25)24-19-15-22(16-20-24)12-10-8-6-4-2/h13-20H,3-12H2,1-2H3. The molecule has 0 aliphatic carbocycles. The molecule has 1 heterocycles. The molecular weight excluding hydrogens is 402 g/mol. The highest BCUT2D eigenvalue weighted by Crippen LogP contribution is 2.23. The summed E-state index contributed by atoms with van der Waals surface area (Å²) in [6.45, 7) is 4.48. The zero-order valence-corrected chi connectivity index (χ0v) is 19.7. The summed E-state index contributed by atoms with van der Waals surface area (Å²) in [4.78, 5) is 13.4. The summed E-state index contributed by atoms with van der Waals surface area (Å²) < 4.78 is 0. The molecule has 0 spiro atoms. The summed E-state index contributed by atoms with van der Waals surface area (Å²) in [6, 6.07) is 17.0. The van der Waals surface area contributed by atoms with E-state index in [4.69, 9.17) is 16.6 Å². The Morgan fingerprint density at radius 1 is 0.548 bits per heavy atom. The molecule has 0 amide bonds. The first-order valence-electron chi connectivity index (χ1n) is 11.8. The average molecular weight is 436 g/mol. The second kappa shape index (κ2) is 12.6. The van der Waals surface area contributed by atoms with Crippen LogP contribution in [-0.2, 0) is 12.8 Å². The van der Waals surface area contributed by atoms with Crippen LogP contribution in [0.1, 0.15) is 76.3 Å². The topological polar surface area (TPSA) is 38.7 Å². The molecule has 2 aromatic carbocycles. The lowest BCUT2D eigenvalue weighted by Gasteiger charge is -2.07. The maximum absolute atomic E-state index is 6.25. The molecule has 0 saturated carbocycles. The van der Waals surface area contributed by atoms with Crippen LogP contribution >= 0.6 is 11.6 Å². The van der Waals surface area contributed by atoms with E-state index < -0.39 is 0 Å². The van der Waals surface area contributed by atoms with Gasteiger partial charge in [-0.3, -0.25) is 0 Å². The van der Waals surface area contributed by atoms with Crippen LogP contribution in [-0.4, -0.2) is 15.0 Å². The van der Waals surface area contributed by atoms with Gasteiger partial charge in [0.25, 0.3) is 0 Å². The Bertz CT molecular complexity index is 846. The summed E-state index contributed by atoms with van der Waals surface area (Å²) >= 11 is 6.25. The van der Waals surface area contributed by atoms with Crippen molar-refractivity contribution >= 4 is 11.6 Å². The monoisotopic (exact) mass is 435 g/mol. The highest BCUT2D eigenvalue weighted by atomic mass is 35.5. The highest BCUT2D eigenvalue weighted by Gasteiger charge is 2.10. The molecule has 0 saturated heterocycles. The number of rotatable bonds is 12. The second-order valence-corrected chi connectivity index (χ2v) is 8.60. The van der Waals surface area contributed by atoms with Gasteiger partial charge in [-0.1, -0.05) is 101 Å². The Kier molecular flexibility index (Phi) is 9.48. The molecule has 0 aliphatic heterocycles. The first kappa shape index (κ1) is 23.4. The maximum Gasteiger partial charge on any atom is 0.226 e. The minimum atomic E-state index is 0.229. The molecule has 3 rings (SSSR count). The van der Waals surface area contributed by atoms with Crippen LogP contribution in [0.5, 0.6) is 0 Å². The molecule has 0 N–H and O–H groups in total. The van der Waals surface area contributed by atoms with Crippen LogP contribution < -0.4 is 0 Å². The van der Waals surface area contributed by atoms with Gasteiger partial charge in [0.15, 0.2) is 11.6 Å². The quantitative estimate of drug-likeness (QED) is 0.269. The first-order valence-corrected chi connectivity index (χ1v) is 12.2. The van der Waals surface area contributed by atoms with E-state index in [2.05, 4.69) is 72.3 Å². The molecule has 0 aliphatic rings. The number of halogens is 1. The summed E-state index contributed by atoms with van der Waals surface area (Å²) in [6.07, 6.45) is 12.5. The smallest absolute Gasteiger partial charge is 0.208 e. The Morgan fingerprint density at radius 2 is 0.968 bits per heavy atom. The largest absolute Gasteiger partial charge is 0.226 e. The third-order valence-electron chi connectivity index (χ3n) is 5.67. The predicted molar refractivity (Wildman–Crippen MR) is 131 cm³/mol. The molecule has 1 aromatic heterocycles. The fourth-order valence-electron chi connectivity index (χ4n) is 3.76. The molecule has 3 aromatic rings. The summed E-state index contributed by atoms with van der Waals surface area (Å²) in [5, 5.41) is 0.229. The van der Waals surface area contributed by atoms with Gasteiger partial charge in [0.1, 0.15) is 0 Å². The second-order valence-electron chi connectivity index (χ2n) is 8.27. The third kappa shape index (κ3) is 7.43. The zero-order valence-electron chi connectivity index (χ0n) is 18.9. The number of aryl methyl sites for hydroxylation is 2. The molecule has 31 heavy (non-hydrogen) atoms. The van der Waals surface area contributed by atoms with Crippen molar-refractivity contribution in [3.8, 4) is 22.8 Å². The Hall–Kier alpha value is -2.26. The number of hydrogen-bond donors (Lipinski definition) is 0. The van der Waals surface area contributed by atoms with Crippen LogP contribution in [0.15, 0.2) is 48.5 Å². The number of benzene rings is 2. The maximum atomic E-state index is 6.25. The van der Waals surface area contributed by atoms with Gasteiger partial charge in [-0.25, -0.2) is 4.98 Å². The number of hydrogen-bond acceptors (Lipinski definition) is 3. The lowest BCUT2D eigenvalue weighted by molar-refractivity contribution is 0.667. The van der Waals surface area contributed by atoms with Crippen molar-refractivity contribution in [2.75, 3.05) is 0 Å². The van der Waals surface area contributed by atoms with E-state index in [0.29, 0.717) is 11.6 Å². The fourth-order valence-corrected chi connectivity index (χ4v) is 3.92. The van der Waals surface area contributed by atoms with Gasteiger partial charge in [0.05, 0.1) is 0 Å². The predicted octanol–water partition coefficient (Wildman–Crippen LogP) is 8.10. The van der Waals surface area contributed by atoms with Gasteiger partial charge >= 0.3 is 0 Å². The molecule has 164 valence electrons. The van der Waals surface area contributed by atoms with E-state index in [-0.39, 0.29) is 5.28 Å². The lowest BCUT2D eigenvalue weighted by atomic mass is 10.0. The van der Waals surface area contributed by atoms with Gasteiger partial charge in [-0.2, -0.15) is 9.97 Å². The summed E-state index contributed by atoms with van der Waals surface area (Å²) in [5.41, 5.74) is 4.65. The molecule has 4 heteroatoms. The van der Waals surface area contributed by atoms with Crippen molar-refractivity contribution in [3.05, 3.63) is 64.9 Å². The van der Waals surface area contributed by atoms with E-state index in [0.717, 1.165) is 24.0 Å². The summed E-state index contributed by atoms with van der Waals surface area (Å²) in [5.74, 6) is 1.24. The van der Waals surface area contributed by atoms with Crippen LogP contribution in [0.25, 0.3) is 22.8 Å². The van der Waals surface area contributed by atoms with Crippen molar-refractivity contribution in [1.29, 1.82) is 0 Å². The van der Waals surface area contributed by atoms with E-state index in [1.54, 1.807) is 0 Å². The first-order chi connectivity index (χ1) is 15.2. The number of nitrogens with zero attached hydrogens (tertiary/aromatic N) is 3. The Morgan fingerprint density at radius 3 is 1.35 bits per heavy atom. The van der Waals surface area contributed by atoms with Gasteiger partial charge in [-0.15, -0.1) is 0 Å². The Balaban J connectivity index is 1.68. The Labute approximate surface area is 192 Å². The van der Waals surface area contributed by atoms with Crippen LogP contribution in [0, 0.1) is 0 Å². The minimum absolute atomic E-state index is 0.229. The van der Waals surface area contributed by atoms with Crippen LogP contribution in [0.3, 0.4) is 0 Å². The van der Waals surface area contributed by atoms with E-state index >= 15 is 0 Å². The van der Waals surface area contributed by atoms with Crippen molar-refractivity contribution < 1.29 is 0 Å². The summed E-state index contributed by atoms with van der Waals surface area (Å²) in [7, 11) is 0. The van der Waals surface area contributed by atoms with Crippen molar-refractivity contribution in [1.82, 2.24) is 15.0 Å². The molecule has 0 bridgehead atoms. The van der Waals surface area contributed by atoms with Crippen molar-refractivity contribution in [3.63, 3.8) is 0 Å². The minimum Gasteiger partial charge on any atom is -0.208 e. The zero-order chi connectivity index (χ0) is 21.9. The molecular formula is C27H34ClN3. The normalized spacial score (nSPS) is 11.1. The molecule has 3 nitrogen and oxygen atoms in total. The van der Waals surface area contributed by atoms with Crippen molar-refractivity contribution in [2.45, 2.75) is 78.1 Å². The van der Waals surface area contributed by atoms with Gasteiger partial charge in [-0.05, 0) is 48.4 Å². The van der Waals surface area contributed by atoms with E-state index in [1.165, 1.54) is 62.5 Å².